The van der Waals surface area contributed by atoms with E-state index in [1.54, 1.807) is 17.0 Å². The van der Waals surface area contributed by atoms with E-state index in [4.69, 9.17) is 5.73 Å². The molecule has 0 unspecified atom stereocenters. The molecule has 1 fully saturated rings. The van der Waals surface area contributed by atoms with E-state index in [0.717, 1.165) is 19.6 Å². The molecule has 1 aliphatic heterocycles. The number of primary amides is 1. The largest absolute Gasteiger partial charge is 0.370 e. The lowest BCUT2D eigenvalue weighted by molar-refractivity contribution is -0.131. The summed E-state index contributed by atoms with van der Waals surface area (Å²) in [5, 5.41) is 0. The summed E-state index contributed by atoms with van der Waals surface area (Å²) >= 11 is 0. The molecule has 1 aliphatic rings. The van der Waals surface area contributed by atoms with Crippen molar-refractivity contribution >= 4 is 17.5 Å². The molecule has 0 saturated carbocycles. The van der Waals surface area contributed by atoms with E-state index in [2.05, 4.69) is 30.0 Å². The number of benzene rings is 2. The second-order valence-corrected chi connectivity index (χ2v) is 7.70. The molecule has 0 aromatic heterocycles. The normalized spacial score (nSPS) is 14.5. The third-order valence-corrected chi connectivity index (χ3v) is 5.53. The zero-order valence-corrected chi connectivity index (χ0v) is 17.4. The number of rotatable bonds is 8. The fraction of sp³-hybridized carbons (Fsp3) is 0.391. The Morgan fingerprint density at radius 2 is 1.70 bits per heavy atom. The average molecular weight is 413 g/mol. The smallest absolute Gasteiger partial charge is 0.242 e. The Balaban J connectivity index is 1.56. The van der Waals surface area contributed by atoms with E-state index in [-0.39, 0.29) is 24.7 Å². The topological polar surface area (TPSA) is 69.9 Å². The number of carbonyl (C=O) groups is 2. The van der Waals surface area contributed by atoms with E-state index in [0.29, 0.717) is 25.3 Å². The molecule has 6 nitrogen and oxygen atoms in total. The number of nitrogens with two attached hydrogens (primary N) is 1. The van der Waals surface area contributed by atoms with Crippen LogP contribution in [0.4, 0.5) is 10.1 Å². The Morgan fingerprint density at radius 3 is 2.33 bits per heavy atom. The molecule has 2 amide bonds. The molecule has 2 aromatic rings. The molecule has 30 heavy (non-hydrogen) atoms. The van der Waals surface area contributed by atoms with Gasteiger partial charge >= 0.3 is 0 Å². The number of carbonyl (C=O) groups excluding carboxylic acids is 2. The summed E-state index contributed by atoms with van der Waals surface area (Å²) < 4.78 is 13.3. The van der Waals surface area contributed by atoms with Crippen molar-refractivity contribution in [3.8, 4) is 0 Å². The quantitative estimate of drug-likeness (QED) is 0.721. The fourth-order valence-corrected chi connectivity index (χ4v) is 3.64. The van der Waals surface area contributed by atoms with Gasteiger partial charge in [0.25, 0.3) is 0 Å². The molecule has 1 saturated heterocycles. The van der Waals surface area contributed by atoms with Crippen LogP contribution in [-0.2, 0) is 16.1 Å². The van der Waals surface area contributed by atoms with Gasteiger partial charge in [-0.05, 0) is 42.3 Å². The van der Waals surface area contributed by atoms with Gasteiger partial charge in [-0.2, -0.15) is 0 Å². The first-order chi connectivity index (χ1) is 14.4. The van der Waals surface area contributed by atoms with E-state index in [1.165, 1.54) is 23.3 Å². The Morgan fingerprint density at radius 1 is 1.03 bits per heavy atom. The van der Waals surface area contributed by atoms with Gasteiger partial charge in [0.05, 0.1) is 6.54 Å². The van der Waals surface area contributed by atoms with Crippen molar-refractivity contribution in [1.29, 1.82) is 0 Å². The number of hydrogen-bond acceptors (Lipinski definition) is 4. The van der Waals surface area contributed by atoms with Crippen LogP contribution in [-0.4, -0.2) is 60.9 Å². The number of aryl methyl sites for hydroxylation is 1. The van der Waals surface area contributed by atoms with Crippen molar-refractivity contribution in [2.45, 2.75) is 19.9 Å². The zero-order chi connectivity index (χ0) is 21.5. The van der Waals surface area contributed by atoms with Crippen molar-refractivity contribution in [3.05, 3.63) is 65.5 Å². The molecule has 1 heterocycles. The van der Waals surface area contributed by atoms with Gasteiger partial charge in [-0.15, -0.1) is 0 Å². The number of hydrogen-bond donors (Lipinski definition) is 1. The lowest BCUT2D eigenvalue weighted by Crippen LogP contribution is -2.51. The van der Waals surface area contributed by atoms with E-state index in [1.807, 2.05) is 11.0 Å². The van der Waals surface area contributed by atoms with Gasteiger partial charge in [0.2, 0.25) is 11.8 Å². The Hall–Kier alpha value is -2.93. The van der Waals surface area contributed by atoms with Crippen LogP contribution in [0.5, 0.6) is 0 Å². The second kappa shape index (κ2) is 10.2. The maximum absolute atomic E-state index is 13.3. The predicted molar refractivity (Wildman–Crippen MR) is 115 cm³/mol. The lowest BCUT2D eigenvalue weighted by atomic mass is 10.1. The van der Waals surface area contributed by atoms with Crippen LogP contribution in [0, 0.1) is 12.7 Å². The summed E-state index contributed by atoms with van der Waals surface area (Å²) in [5.41, 5.74) is 8.57. The molecule has 0 atom stereocenters. The first-order valence-corrected chi connectivity index (χ1v) is 10.3. The minimum atomic E-state index is -0.431. The molecule has 0 radical (unpaired) electrons. The number of nitrogens with zero attached hydrogens (tertiary/aromatic N) is 3. The van der Waals surface area contributed by atoms with Crippen LogP contribution in [0.2, 0.25) is 0 Å². The average Bonchev–Trinajstić information content (AvgIpc) is 2.74. The third kappa shape index (κ3) is 6.03. The monoisotopic (exact) mass is 412 g/mol. The van der Waals surface area contributed by atoms with E-state index >= 15 is 0 Å². The van der Waals surface area contributed by atoms with Crippen molar-refractivity contribution in [1.82, 2.24) is 9.80 Å². The van der Waals surface area contributed by atoms with Gasteiger partial charge in [-0.3, -0.25) is 14.5 Å². The molecule has 3 rings (SSSR count). The molecule has 0 spiro atoms. The third-order valence-electron chi connectivity index (χ3n) is 5.53. The Kier molecular flexibility index (Phi) is 7.41. The van der Waals surface area contributed by atoms with Crippen molar-refractivity contribution < 1.29 is 14.0 Å². The molecule has 2 aromatic carbocycles. The van der Waals surface area contributed by atoms with Gasteiger partial charge in [-0.1, -0.05) is 24.3 Å². The minimum absolute atomic E-state index is 0.000614. The van der Waals surface area contributed by atoms with Gasteiger partial charge in [0.15, 0.2) is 0 Å². The van der Waals surface area contributed by atoms with Crippen LogP contribution >= 0.6 is 0 Å². The molecule has 160 valence electrons. The summed E-state index contributed by atoms with van der Waals surface area (Å²) in [7, 11) is 0. The van der Waals surface area contributed by atoms with Crippen LogP contribution in [0.25, 0.3) is 0 Å². The summed E-state index contributed by atoms with van der Waals surface area (Å²) in [6, 6.07) is 14.3. The summed E-state index contributed by atoms with van der Waals surface area (Å²) in [6.07, 6.45) is 0.134. The maximum Gasteiger partial charge on any atom is 0.242 e. The number of halogens is 1. The molecular formula is C23H29FN4O2. The summed E-state index contributed by atoms with van der Waals surface area (Å²) in [5.74, 6) is -0.775. The predicted octanol–water partition coefficient (Wildman–Crippen LogP) is 2.16. The molecule has 2 N–H and O–H groups in total. The maximum atomic E-state index is 13.3. The summed E-state index contributed by atoms with van der Waals surface area (Å²) in [6.45, 7) is 6.42. The first-order valence-electron chi connectivity index (χ1n) is 10.3. The number of piperazine rings is 1. The van der Waals surface area contributed by atoms with Gasteiger partial charge in [-0.25, -0.2) is 4.39 Å². The highest BCUT2D eigenvalue weighted by molar-refractivity contribution is 5.82. The minimum Gasteiger partial charge on any atom is -0.370 e. The van der Waals surface area contributed by atoms with Crippen molar-refractivity contribution in [2.24, 2.45) is 5.73 Å². The molecule has 0 bridgehead atoms. The molecule has 0 aliphatic carbocycles. The second-order valence-electron chi connectivity index (χ2n) is 7.70. The highest BCUT2D eigenvalue weighted by atomic mass is 19.1. The molecule has 7 heteroatoms. The SMILES string of the molecule is Cc1ccccc1CN1CCN(C(=O)CN(CCC(N)=O)c2ccc(F)cc2)CC1. The highest BCUT2D eigenvalue weighted by Crippen LogP contribution is 2.17. The zero-order valence-electron chi connectivity index (χ0n) is 17.4. The van der Waals surface area contributed by atoms with Gasteiger partial charge in [0, 0.05) is 51.4 Å². The van der Waals surface area contributed by atoms with Crippen LogP contribution in [0.15, 0.2) is 48.5 Å². The van der Waals surface area contributed by atoms with Crippen LogP contribution in [0.1, 0.15) is 17.5 Å². The number of amides is 2. The van der Waals surface area contributed by atoms with Crippen molar-refractivity contribution in [2.75, 3.05) is 44.2 Å². The van der Waals surface area contributed by atoms with Gasteiger partial charge in [0.1, 0.15) is 5.82 Å². The highest BCUT2D eigenvalue weighted by Gasteiger charge is 2.23. The van der Waals surface area contributed by atoms with E-state index < -0.39 is 5.91 Å². The Labute approximate surface area is 177 Å². The fourth-order valence-electron chi connectivity index (χ4n) is 3.64. The van der Waals surface area contributed by atoms with Crippen LogP contribution < -0.4 is 10.6 Å². The van der Waals surface area contributed by atoms with Crippen LogP contribution in [0.3, 0.4) is 0 Å². The first kappa shape index (κ1) is 21.8. The number of anilines is 1. The summed E-state index contributed by atoms with van der Waals surface area (Å²) in [4.78, 5) is 30.1. The van der Waals surface area contributed by atoms with E-state index in [9.17, 15) is 14.0 Å². The standard InChI is InChI=1S/C23H29FN4O2/c1-18-4-2-3-5-19(18)16-26-12-14-27(15-13-26)23(30)17-28(11-10-22(25)29)21-8-6-20(24)7-9-21/h2-9H,10-17H2,1H3,(H2,25,29). The lowest BCUT2D eigenvalue weighted by Gasteiger charge is -2.36. The Bertz CT molecular complexity index is 864. The molecular weight excluding hydrogens is 383 g/mol. The van der Waals surface area contributed by atoms with Crippen molar-refractivity contribution in [3.63, 3.8) is 0 Å². The van der Waals surface area contributed by atoms with Gasteiger partial charge < -0.3 is 15.5 Å².